The van der Waals surface area contributed by atoms with Gasteiger partial charge < -0.3 is 19.3 Å². The van der Waals surface area contributed by atoms with Gasteiger partial charge in [0.25, 0.3) is 10.1 Å². The standard InChI is InChI=1S/C11H16O4.CH4O3S/c1-13-9-6-8(4-5-12)7-10(14-2)11(9)15-3;1-5(2,3)4/h6-7,12H,4-5H2,1-3H3;1H3,(H,2,3,4). The van der Waals surface area contributed by atoms with Crippen LogP contribution in [0.25, 0.3) is 0 Å². The van der Waals surface area contributed by atoms with E-state index >= 15 is 0 Å². The fourth-order valence-electron chi connectivity index (χ4n) is 1.41. The number of benzene rings is 1. The van der Waals surface area contributed by atoms with E-state index in [1.165, 1.54) is 0 Å². The Morgan fingerprint density at radius 3 is 1.70 bits per heavy atom. The molecule has 0 saturated carbocycles. The summed E-state index contributed by atoms with van der Waals surface area (Å²) in [6.07, 6.45) is 1.28. The summed E-state index contributed by atoms with van der Waals surface area (Å²) in [5.74, 6) is 1.79. The summed E-state index contributed by atoms with van der Waals surface area (Å²) < 4.78 is 41.4. The minimum Gasteiger partial charge on any atom is -0.493 e. The predicted octanol–water partition coefficient (Wildman–Crippen LogP) is 0.751. The van der Waals surface area contributed by atoms with Crippen molar-refractivity contribution in [1.82, 2.24) is 0 Å². The maximum atomic E-state index is 9.19. The molecule has 0 aliphatic rings. The van der Waals surface area contributed by atoms with Gasteiger partial charge in [-0.15, -0.1) is 0 Å². The van der Waals surface area contributed by atoms with Crippen LogP contribution in [0, 0.1) is 0 Å². The Hall–Kier alpha value is -1.51. The highest BCUT2D eigenvalue weighted by Gasteiger charge is 2.12. The van der Waals surface area contributed by atoms with Crippen molar-refractivity contribution in [2.45, 2.75) is 6.42 Å². The van der Waals surface area contributed by atoms with Crippen LogP contribution in [0.1, 0.15) is 5.56 Å². The molecular weight excluding hydrogens is 288 g/mol. The average Bonchev–Trinajstić information content (AvgIpc) is 2.35. The first-order valence-electron chi connectivity index (χ1n) is 5.59. The Balaban J connectivity index is 0.000000621. The molecule has 2 N–H and O–H groups in total. The Labute approximate surface area is 118 Å². The maximum absolute atomic E-state index is 9.19. The van der Waals surface area contributed by atoms with Crippen molar-refractivity contribution in [3.63, 3.8) is 0 Å². The molecular formula is C12H20O7S. The molecule has 0 amide bonds. The first kappa shape index (κ1) is 18.5. The monoisotopic (exact) mass is 308 g/mol. The first-order chi connectivity index (χ1) is 9.26. The van der Waals surface area contributed by atoms with Crippen molar-refractivity contribution >= 4 is 10.1 Å². The molecule has 0 saturated heterocycles. The molecule has 0 fully saturated rings. The molecule has 8 heteroatoms. The van der Waals surface area contributed by atoms with E-state index in [2.05, 4.69) is 0 Å². The normalized spacial score (nSPS) is 10.3. The highest BCUT2D eigenvalue weighted by Crippen LogP contribution is 2.38. The molecule has 0 aliphatic carbocycles. The fourth-order valence-corrected chi connectivity index (χ4v) is 1.41. The molecule has 7 nitrogen and oxygen atoms in total. The lowest BCUT2D eigenvalue weighted by Gasteiger charge is -2.13. The van der Waals surface area contributed by atoms with E-state index in [0.29, 0.717) is 29.9 Å². The van der Waals surface area contributed by atoms with Gasteiger partial charge in [0.1, 0.15) is 0 Å². The Morgan fingerprint density at radius 1 is 1.05 bits per heavy atom. The molecule has 1 aromatic rings. The average molecular weight is 308 g/mol. The predicted molar refractivity (Wildman–Crippen MR) is 74.4 cm³/mol. The number of aliphatic hydroxyl groups excluding tert-OH is 1. The third-order valence-corrected chi connectivity index (χ3v) is 2.12. The van der Waals surface area contributed by atoms with E-state index in [1.54, 1.807) is 21.3 Å². The van der Waals surface area contributed by atoms with Crippen molar-refractivity contribution < 1.29 is 32.3 Å². The summed E-state index contributed by atoms with van der Waals surface area (Å²) in [5, 5.41) is 8.86. The zero-order valence-corrected chi connectivity index (χ0v) is 12.7. The molecule has 116 valence electrons. The lowest BCUT2D eigenvalue weighted by Crippen LogP contribution is -1.98. The second kappa shape index (κ2) is 8.62. The summed E-state index contributed by atoms with van der Waals surface area (Å²) >= 11 is 0. The number of rotatable bonds is 5. The van der Waals surface area contributed by atoms with E-state index in [-0.39, 0.29) is 6.61 Å². The molecule has 0 aliphatic heterocycles. The third kappa shape index (κ3) is 7.17. The Kier molecular flexibility index (Phi) is 7.97. The van der Waals surface area contributed by atoms with Gasteiger partial charge in [0.05, 0.1) is 27.6 Å². The summed E-state index contributed by atoms with van der Waals surface area (Å²) in [4.78, 5) is 0. The van der Waals surface area contributed by atoms with Crippen LogP contribution in [0.3, 0.4) is 0 Å². The summed E-state index contributed by atoms with van der Waals surface area (Å²) in [6.45, 7) is 0.0959. The van der Waals surface area contributed by atoms with E-state index in [0.717, 1.165) is 5.56 Å². The van der Waals surface area contributed by atoms with Crippen LogP contribution in [0.15, 0.2) is 12.1 Å². The smallest absolute Gasteiger partial charge is 0.261 e. The first-order valence-corrected chi connectivity index (χ1v) is 7.43. The molecule has 0 radical (unpaired) electrons. The quantitative estimate of drug-likeness (QED) is 0.774. The zero-order chi connectivity index (χ0) is 15.8. The van der Waals surface area contributed by atoms with E-state index in [4.69, 9.17) is 23.9 Å². The summed E-state index contributed by atoms with van der Waals surface area (Å²) in [7, 11) is 1.03. The second-order valence-electron chi connectivity index (χ2n) is 3.74. The SMILES string of the molecule is COc1cc(CCO)cc(OC)c1OC.CS(=O)(=O)O. The van der Waals surface area contributed by atoms with Gasteiger partial charge in [-0.2, -0.15) is 8.42 Å². The molecule has 1 aromatic carbocycles. The van der Waals surface area contributed by atoms with Crippen LogP contribution in [-0.4, -0.2) is 52.3 Å². The van der Waals surface area contributed by atoms with Gasteiger partial charge in [-0.05, 0) is 24.1 Å². The minimum atomic E-state index is -3.67. The molecule has 0 spiro atoms. The van der Waals surface area contributed by atoms with Crippen LogP contribution >= 0.6 is 0 Å². The van der Waals surface area contributed by atoms with Crippen molar-refractivity contribution in [3.05, 3.63) is 17.7 Å². The highest BCUT2D eigenvalue weighted by molar-refractivity contribution is 7.85. The van der Waals surface area contributed by atoms with Gasteiger partial charge in [0.2, 0.25) is 5.75 Å². The lowest BCUT2D eigenvalue weighted by atomic mass is 10.1. The largest absolute Gasteiger partial charge is 0.493 e. The molecule has 20 heavy (non-hydrogen) atoms. The molecule has 0 bridgehead atoms. The van der Waals surface area contributed by atoms with Gasteiger partial charge in [-0.25, -0.2) is 0 Å². The molecule has 0 aromatic heterocycles. The molecule has 0 atom stereocenters. The van der Waals surface area contributed by atoms with Crippen LogP contribution in [0.2, 0.25) is 0 Å². The number of ether oxygens (including phenoxy) is 3. The van der Waals surface area contributed by atoms with Gasteiger partial charge in [-0.3, -0.25) is 4.55 Å². The molecule has 0 heterocycles. The van der Waals surface area contributed by atoms with Crippen molar-refractivity contribution in [1.29, 1.82) is 0 Å². The number of hydrogen-bond acceptors (Lipinski definition) is 6. The molecule has 0 unspecified atom stereocenters. The molecule has 1 rings (SSSR count). The number of methoxy groups -OCH3 is 3. The van der Waals surface area contributed by atoms with E-state index in [1.807, 2.05) is 12.1 Å². The summed E-state index contributed by atoms with van der Waals surface area (Å²) in [5.41, 5.74) is 0.951. The van der Waals surface area contributed by atoms with Gasteiger partial charge >= 0.3 is 0 Å². The van der Waals surface area contributed by atoms with Crippen LogP contribution < -0.4 is 14.2 Å². The van der Waals surface area contributed by atoms with Crippen molar-refractivity contribution in [2.75, 3.05) is 34.2 Å². The van der Waals surface area contributed by atoms with Crippen LogP contribution in [-0.2, 0) is 16.5 Å². The van der Waals surface area contributed by atoms with Crippen molar-refractivity contribution in [3.8, 4) is 17.2 Å². The number of hydrogen-bond donors (Lipinski definition) is 2. The van der Waals surface area contributed by atoms with E-state index < -0.39 is 10.1 Å². The fraction of sp³-hybridized carbons (Fsp3) is 0.500. The van der Waals surface area contributed by atoms with E-state index in [9.17, 15) is 8.42 Å². The topological polar surface area (TPSA) is 102 Å². The minimum absolute atomic E-state index is 0.0959. The van der Waals surface area contributed by atoms with Gasteiger partial charge in [0, 0.05) is 6.61 Å². The Bertz CT molecular complexity index is 478. The van der Waals surface area contributed by atoms with Crippen LogP contribution in [0.4, 0.5) is 0 Å². The lowest BCUT2D eigenvalue weighted by molar-refractivity contribution is 0.297. The zero-order valence-electron chi connectivity index (χ0n) is 11.9. The van der Waals surface area contributed by atoms with Gasteiger partial charge in [0.15, 0.2) is 11.5 Å². The third-order valence-electron chi connectivity index (χ3n) is 2.12. The number of aliphatic hydroxyl groups is 1. The van der Waals surface area contributed by atoms with Crippen molar-refractivity contribution in [2.24, 2.45) is 0 Å². The second-order valence-corrected chi connectivity index (χ2v) is 5.21. The summed E-state index contributed by atoms with van der Waals surface area (Å²) in [6, 6.07) is 3.66. The Morgan fingerprint density at radius 2 is 1.45 bits per heavy atom. The van der Waals surface area contributed by atoms with Crippen LogP contribution in [0.5, 0.6) is 17.2 Å². The van der Waals surface area contributed by atoms with Gasteiger partial charge in [-0.1, -0.05) is 0 Å². The maximum Gasteiger partial charge on any atom is 0.261 e. The highest BCUT2D eigenvalue weighted by atomic mass is 32.2.